The van der Waals surface area contributed by atoms with Gasteiger partial charge in [0.05, 0.1) is 92.3 Å². The molecular weight excluding hydrogens is 442 g/mol. The standard InChI is InChI=1S/C21H37NO11/c1-2-26-7-8-28-11-12-30-15-16-32-18-17-31-14-13-29-10-9-27-6-5-21(25)33-22-19(23)3-4-20(22)24/h2-18H2,1H3. The van der Waals surface area contributed by atoms with Crippen molar-refractivity contribution < 1.29 is 52.4 Å². The molecule has 0 atom stereocenters. The van der Waals surface area contributed by atoms with Crippen molar-refractivity contribution in [1.82, 2.24) is 5.06 Å². The molecule has 1 aliphatic heterocycles. The van der Waals surface area contributed by atoms with E-state index in [1.807, 2.05) is 6.92 Å². The minimum Gasteiger partial charge on any atom is -0.379 e. The minimum absolute atomic E-state index is 0.0620. The Morgan fingerprint density at radius 3 is 1.30 bits per heavy atom. The number of rotatable bonds is 23. The van der Waals surface area contributed by atoms with E-state index in [1.165, 1.54) is 0 Å². The van der Waals surface area contributed by atoms with Crippen molar-refractivity contribution in [3.63, 3.8) is 0 Å². The average Bonchev–Trinajstić information content (AvgIpc) is 3.12. The molecule has 0 spiro atoms. The van der Waals surface area contributed by atoms with Gasteiger partial charge in [-0.3, -0.25) is 9.59 Å². The number of imide groups is 1. The van der Waals surface area contributed by atoms with Gasteiger partial charge in [0.1, 0.15) is 0 Å². The SMILES string of the molecule is CCOCCOCCOCCOCCOCCOCCOCCC(=O)ON1C(=O)CCC1=O. The normalized spacial score (nSPS) is 13.8. The van der Waals surface area contributed by atoms with Crippen LogP contribution in [0.2, 0.25) is 0 Å². The summed E-state index contributed by atoms with van der Waals surface area (Å²) in [7, 11) is 0. The highest BCUT2D eigenvalue weighted by molar-refractivity contribution is 6.01. The van der Waals surface area contributed by atoms with E-state index in [4.69, 9.17) is 38.0 Å². The lowest BCUT2D eigenvalue weighted by Crippen LogP contribution is -2.32. The molecule has 0 bridgehead atoms. The number of nitrogens with zero attached hydrogens (tertiary/aromatic N) is 1. The van der Waals surface area contributed by atoms with Gasteiger partial charge in [-0.15, -0.1) is 5.06 Å². The van der Waals surface area contributed by atoms with Crippen molar-refractivity contribution in [2.24, 2.45) is 0 Å². The third kappa shape index (κ3) is 16.6. The molecule has 0 N–H and O–H groups in total. The van der Waals surface area contributed by atoms with Crippen LogP contribution in [0.5, 0.6) is 0 Å². The van der Waals surface area contributed by atoms with Crippen molar-refractivity contribution in [3.8, 4) is 0 Å². The highest BCUT2D eigenvalue weighted by Gasteiger charge is 2.32. The second-order valence-electron chi connectivity index (χ2n) is 6.67. The number of hydroxylamine groups is 2. The molecule has 12 heteroatoms. The molecule has 0 aliphatic carbocycles. The highest BCUT2D eigenvalue weighted by Crippen LogP contribution is 2.12. The van der Waals surface area contributed by atoms with Crippen LogP contribution in [-0.2, 0) is 52.4 Å². The monoisotopic (exact) mass is 479 g/mol. The minimum atomic E-state index is -0.691. The predicted octanol–water partition coefficient (Wildman–Crippen LogP) is 0.120. The molecule has 1 saturated heterocycles. The number of carbonyl (C=O) groups excluding carboxylic acids is 3. The lowest BCUT2D eigenvalue weighted by molar-refractivity contribution is -0.198. The van der Waals surface area contributed by atoms with Crippen LogP contribution in [0.4, 0.5) is 0 Å². The molecule has 0 saturated carbocycles. The Bertz CT molecular complexity index is 516. The van der Waals surface area contributed by atoms with Gasteiger partial charge in [0, 0.05) is 19.4 Å². The van der Waals surface area contributed by atoms with E-state index in [-0.39, 0.29) is 25.9 Å². The summed E-state index contributed by atoms with van der Waals surface area (Å²) in [5.74, 6) is -1.70. The molecule has 0 aromatic carbocycles. The highest BCUT2D eigenvalue weighted by atomic mass is 16.7. The number of ether oxygens (including phenoxy) is 7. The van der Waals surface area contributed by atoms with Gasteiger partial charge in [0.2, 0.25) is 0 Å². The number of carbonyl (C=O) groups is 3. The molecule has 1 fully saturated rings. The summed E-state index contributed by atoms with van der Waals surface area (Å²) in [4.78, 5) is 39.0. The van der Waals surface area contributed by atoms with Gasteiger partial charge in [-0.25, -0.2) is 4.79 Å². The van der Waals surface area contributed by atoms with Crippen molar-refractivity contribution in [2.45, 2.75) is 26.2 Å². The first-order valence-electron chi connectivity index (χ1n) is 11.3. The average molecular weight is 480 g/mol. The van der Waals surface area contributed by atoms with E-state index in [9.17, 15) is 14.4 Å². The fourth-order valence-electron chi connectivity index (χ4n) is 2.42. The lowest BCUT2D eigenvalue weighted by atomic mass is 10.4. The molecule has 1 rings (SSSR count). The third-order valence-electron chi connectivity index (χ3n) is 4.09. The first-order valence-corrected chi connectivity index (χ1v) is 11.3. The van der Waals surface area contributed by atoms with E-state index in [0.29, 0.717) is 91.0 Å². The Kier molecular flexibility index (Phi) is 18.6. The molecule has 1 aliphatic rings. The Morgan fingerprint density at radius 1 is 0.606 bits per heavy atom. The van der Waals surface area contributed by atoms with Crippen LogP contribution >= 0.6 is 0 Å². The molecule has 0 radical (unpaired) electrons. The third-order valence-corrected chi connectivity index (χ3v) is 4.09. The zero-order chi connectivity index (χ0) is 24.0. The largest absolute Gasteiger partial charge is 0.379 e. The smallest absolute Gasteiger partial charge is 0.335 e. The first-order chi connectivity index (χ1) is 16.1. The van der Waals surface area contributed by atoms with Gasteiger partial charge in [-0.1, -0.05) is 0 Å². The van der Waals surface area contributed by atoms with E-state index >= 15 is 0 Å². The van der Waals surface area contributed by atoms with Crippen LogP contribution in [0.25, 0.3) is 0 Å². The topological polar surface area (TPSA) is 128 Å². The summed E-state index contributed by atoms with van der Waals surface area (Å²) in [5, 5.41) is 0.521. The Morgan fingerprint density at radius 2 is 0.939 bits per heavy atom. The number of hydrogen-bond acceptors (Lipinski definition) is 11. The van der Waals surface area contributed by atoms with Crippen LogP contribution in [0.15, 0.2) is 0 Å². The number of amides is 2. The van der Waals surface area contributed by atoms with Crippen molar-refractivity contribution in [1.29, 1.82) is 0 Å². The van der Waals surface area contributed by atoms with Gasteiger partial charge in [-0.05, 0) is 6.92 Å². The van der Waals surface area contributed by atoms with E-state index in [1.54, 1.807) is 0 Å². The maximum Gasteiger partial charge on any atom is 0.335 e. The van der Waals surface area contributed by atoms with E-state index < -0.39 is 17.8 Å². The van der Waals surface area contributed by atoms with Crippen LogP contribution in [0, 0.1) is 0 Å². The van der Waals surface area contributed by atoms with Crippen LogP contribution in [0.3, 0.4) is 0 Å². The zero-order valence-corrected chi connectivity index (χ0v) is 19.5. The summed E-state index contributed by atoms with van der Waals surface area (Å²) >= 11 is 0. The van der Waals surface area contributed by atoms with Crippen LogP contribution < -0.4 is 0 Å². The summed E-state index contributed by atoms with van der Waals surface area (Å²) < 4.78 is 37.2. The van der Waals surface area contributed by atoms with Gasteiger partial charge in [0.25, 0.3) is 11.8 Å². The van der Waals surface area contributed by atoms with Crippen molar-refractivity contribution in [2.75, 3.05) is 92.5 Å². The molecule has 0 aromatic heterocycles. The maximum absolute atomic E-state index is 11.6. The molecule has 0 unspecified atom stereocenters. The predicted molar refractivity (Wildman–Crippen MR) is 113 cm³/mol. The summed E-state index contributed by atoms with van der Waals surface area (Å²) in [6, 6.07) is 0. The Labute approximate surface area is 194 Å². The quantitative estimate of drug-likeness (QED) is 0.146. The van der Waals surface area contributed by atoms with Gasteiger partial charge in [0.15, 0.2) is 0 Å². The van der Waals surface area contributed by atoms with Gasteiger partial charge < -0.3 is 38.0 Å². The van der Waals surface area contributed by atoms with Crippen LogP contribution in [-0.4, -0.2) is 115 Å². The molecule has 12 nitrogen and oxygen atoms in total. The molecule has 2 amide bonds. The van der Waals surface area contributed by atoms with Crippen molar-refractivity contribution >= 4 is 17.8 Å². The molecule has 0 aromatic rings. The lowest BCUT2D eigenvalue weighted by Gasteiger charge is -2.12. The molecule has 192 valence electrons. The van der Waals surface area contributed by atoms with Crippen molar-refractivity contribution in [3.05, 3.63) is 0 Å². The fraction of sp³-hybridized carbons (Fsp3) is 0.857. The maximum atomic E-state index is 11.6. The zero-order valence-electron chi connectivity index (χ0n) is 19.5. The summed E-state index contributed by atoms with van der Waals surface area (Å²) in [5.41, 5.74) is 0. The summed E-state index contributed by atoms with van der Waals surface area (Å²) in [6.45, 7) is 8.43. The van der Waals surface area contributed by atoms with E-state index in [0.717, 1.165) is 0 Å². The second kappa shape index (κ2) is 20.9. The second-order valence-corrected chi connectivity index (χ2v) is 6.67. The molecular formula is C21H37NO11. The first kappa shape index (κ1) is 29.4. The van der Waals surface area contributed by atoms with Gasteiger partial charge >= 0.3 is 5.97 Å². The number of hydrogen-bond donors (Lipinski definition) is 0. The molecule has 1 heterocycles. The fourth-order valence-corrected chi connectivity index (χ4v) is 2.42. The Balaban J connectivity index is 1.72. The Hall–Kier alpha value is -1.67. The van der Waals surface area contributed by atoms with Crippen LogP contribution in [0.1, 0.15) is 26.2 Å². The summed E-state index contributed by atoms with van der Waals surface area (Å²) in [6.07, 6.45) is 0.0733. The molecule has 33 heavy (non-hydrogen) atoms. The van der Waals surface area contributed by atoms with E-state index in [2.05, 4.69) is 0 Å². The van der Waals surface area contributed by atoms with Gasteiger partial charge in [-0.2, -0.15) is 0 Å².